The molecule has 2 N–H and O–H groups in total. The van der Waals surface area contributed by atoms with E-state index in [1.54, 1.807) is 36.4 Å². The lowest BCUT2D eigenvalue weighted by atomic mass is 10.0. The topological polar surface area (TPSA) is 123 Å². The Morgan fingerprint density at radius 3 is 2.55 bits per heavy atom. The van der Waals surface area contributed by atoms with Gasteiger partial charge in [0.15, 0.2) is 15.6 Å². The molecular formula is C20H19NO7S. The van der Waals surface area contributed by atoms with Gasteiger partial charge in [-0.3, -0.25) is 4.79 Å². The molecule has 0 spiro atoms. The third kappa shape index (κ3) is 4.47. The molecule has 0 fully saturated rings. The lowest BCUT2D eigenvalue weighted by molar-refractivity contribution is 0.143. The van der Waals surface area contributed by atoms with Gasteiger partial charge in [-0.05, 0) is 35.7 Å². The maximum absolute atomic E-state index is 12.7. The number of aliphatic hydroxyl groups is 1. The van der Waals surface area contributed by atoms with Gasteiger partial charge in [-0.2, -0.15) is 0 Å². The molecule has 1 aromatic heterocycles. The van der Waals surface area contributed by atoms with Crippen molar-refractivity contribution in [2.75, 3.05) is 12.9 Å². The third-order valence-electron chi connectivity index (χ3n) is 4.42. The van der Waals surface area contributed by atoms with Crippen molar-refractivity contribution < 1.29 is 28.2 Å². The summed E-state index contributed by atoms with van der Waals surface area (Å²) in [5.74, 6) is -0.368. The minimum absolute atomic E-state index is 0.142. The summed E-state index contributed by atoms with van der Waals surface area (Å²) in [6, 6.07) is 11.6. The van der Waals surface area contributed by atoms with Crippen LogP contribution in [0.25, 0.3) is 10.9 Å². The number of aliphatic hydroxyl groups excluding tert-OH is 1. The molecule has 3 aromatic rings. The molecule has 0 atom stereocenters. The normalized spacial score (nSPS) is 11.5. The van der Waals surface area contributed by atoms with Crippen LogP contribution in [-0.4, -0.2) is 42.2 Å². The average molecular weight is 417 g/mol. The van der Waals surface area contributed by atoms with Crippen LogP contribution < -0.4 is 10.2 Å². The Morgan fingerprint density at radius 2 is 1.90 bits per heavy atom. The summed E-state index contributed by atoms with van der Waals surface area (Å²) in [4.78, 5) is 23.8. The Balaban J connectivity index is 2.14. The zero-order valence-corrected chi connectivity index (χ0v) is 16.3. The van der Waals surface area contributed by atoms with Gasteiger partial charge in [-0.15, -0.1) is 0 Å². The van der Waals surface area contributed by atoms with E-state index in [9.17, 15) is 23.1 Å². The fourth-order valence-electron chi connectivity index (χ4n) is 3.22. The van der Waals surface area contributed by atoms with E-state index in [2.05, 4.69) is 4.74 Å². The fourth-order valence-corrected chi connectivity index (χ4v) is 4.16. The first-order valence-corrected chi connectivity index (χ1v) is 10.6. The molecule has 0 saturated carbocycles. The van der Waals surface area contributed by atoms with Crippen molar-refractivity contribution in [3.8, 4) is 5.75 Å². The molecule has 0 aliphatic rings. The van der Waals surface area contributed by atoms with Crippen LogP contribution in [0.5, 0.6) is 5.75 Å². The van der Waals surface area contributed by atoms with Crippen LogP contribution in [0.15, 0.2) is 58.4 Å². The number of ether oxygens (including phenoxy) is 1. The second-order valence-corrected chi connectivity index (χ2v) is 8.50. The summed E-state index contributed by atoms with van der Waals surface area (Å²) < 4.78 is 30.2. The molecule has 0 saturated heterocycles. The van der Waals surface area contributed by atoms with E-state index in [1.807, 2.05) is 0 Å². The van der Waals surface area contributed by atoms with Crippen molar-refractivity contribution >= 4 is 26.9 Å². The largest absolute Gasteiger partial charge is 0.511 e. The molecule has 29 heavy (non-hydrogen) atoms. The number of carboxylic acid groups (broad SMARTS) is 1. The van der Waals surface area contributed by atoms with Gasteiger partial charge < -0.3 is 19.5 Å². The van der Waals surface area contributed by atoms with Crippen molar-refractivity contribution in [2.45, 2.75) is 17.9 Å². The van der Waals surface area contributed by atoms with Crippen LogP contribution in [-0.2, 0) is 22.8 Å². The highest BCUT2D eigenvalue weighted by atomic mass is 32.2. The van der Waals surface area contributed by atoms with Crippen molar-refractivity contribution in [2.24, 2.45) is 0 Å². The molecule has 9 heteroatoms. The molecule has 2 aromatic carbocycles. The molecular weight excluding hydrogens is 398 g/mol. The third-order valence-corrected chi connectivity index (χ3v) is 5.61. The van der Waals surface area contributed by atoms with E-state index in [0.29, 0.717) is 16.6 Å². The number of fused-ring (bicyclic) bond motifs is 1. The first-order chi connectivity index (χ1) is 13.7. The molecule has 8 nitrogen and oxygen atoms in total. The Morgan fingerprint density at radius 1 is 1.17 bits per heavy atom. The van der Waals surface area contributed by atoms with Gasteiger partial charge in [0.2, 0.25) is 5.43 Å². The lowest BCUT2D eigenvalue weighted by Crippen LogP contribution is -2.17. The minimum atomic E-state index is -3.42. The van der Waals surface area contributed by atoms with E-state index < -0.39 is 21.4 Å². The number of hydrogen-bond acceptors (Lipinski definition) is 6. The maximum atomic E-state index is 12.7. The molecule has 0 aliphatic carbocycles. The number of aromatic nitrogens is 1. The highest BCUT2D eigenvalue weighted by Crippen LogP contribution is 2.22. The number of rotatable bonds is 6. The summed E-state index contributed by atoms with van der Waals surface area (Å²) in [7, 11) is -3.42. The zero-order chi connectivity index (χ0) is 21.2. The highest BCUT2D eigenvalue weighted by Gasteiger charge is 2.16. The predicted octanol–water partition coefficient (Wildman–Crippen LogP) is 2.04. The number of hydrogen-bond donors (Lipinski definition) is 2. The first kappa shape index (κ1) is 20.6. The monoisotopic (exact) mass is 417 g/mol. The van der Waals surface area contributed by atoms with E-state index in [-0.39, 0.29) is 35.6 Å². The lowest BCUT2D eigenvalue weighted by Gasteiger charge is -2.13. The second-order valence-electron chi connectivity index (χ2n) is 6.52. The van der Waals surface area contributed by atoms with Crippen LogP contribution in [0.3, 0.4) is 0 Å². The zero-order valence-electron chi connectivity index (χ0n) is 15.5. The summed E-state index contributed by atoms with van der Waals surface area (Å²) >= 11 is 0. The van der Waals surface area contributed by atoms with E-state index in [0.717, 1.165) is 6.26 Å². The van der Waals surface area contributed by atoms with Crippen LogP contribution in [0, 0.1) is 0 Å². The Hall–Kier alpha value is -3.17. The Kier molecular flexibility index (Phi) is 5.71. The molecule has 152 valence electrons. The average Bonchev–Trinajstić information content (AvgIpc) is 2.65. The molecule has 1 heterocycles. The summed E-state index contributed by atoms with van der Waals surface area (Å²) in [6.07, 6.45) is 1.03. The van der Waals surface area contributed by atoms with Crippen LogP contribution in [0.4, 0.5) is 4.79 Å². The Bertz CT molecular complexity index is 1250. The Labute approximate surface area is 166 Å². The second kappa shape index (κ2) is 8.06. The van der Waals surface area contributed by atoms with E-state index >= 15 is 0 Å². The van der Waals surface area contributed by atoms with E-state index in [4.69, 9.17) is 5.11 Å². The van der Waals surface area contributed by atoms with Gasteiger partial charge in [-0.1, -0.05) is 24.3 Å². The molecule has 0 amide bonds. The van der Waals surface area contributed by atoms with Crippen molar-refractivity contribution in [3.05, 3.63) is 70.0 Å². The van der Waals surface area contributed by atoms with Crippen molar-refractivity contribution in [1.82, 2.24) is 4.57 Å². The van der Waals surface area contributed by atoms with Gasteiger partial charge in [0.1, 0.15) is 0 Å². The van der Waals surface area contributed by atoms with Gasteiger partial charge in [-0.25, -0.2) is 13.2 Å². The van der Waals surface area contributed by atoms with Crippen molar-refractivity contribution in [1.29, 1.82) is 0 Å². The number of nitrogens with zero attached hydrogens (tertiary/aromatic N) is 1. The SMILES string of the molecule is CS(=O)(=O)c1ccccc1Cc1ccc2c(c1)c(=O)c(OC(=O)O)cn2CCO. The number of benzene rings is 2. The molecule has 3 rings (SSSR count). The molecule has 0 bridgehead atoms. The quantitative estimate of drug-likeness (QED) is 0.588. The van der Waals surface area contributed by atoms with Gasteiger partial charge in [0.25, 0.3) is 0 Å². The number of pyridine rings is 1. The molecule has 0 unspecified atom stereocenters. The molecule has 0 aliphatic heterocycles. The number of sulfone groups is 1. The van der Waals surface area contributed by atoms with E-state index in [1.165, 1.54) is 16.8 Å². The number of carbonyl (C=O) groups is 1. The van der Waals surface area contributed by atoms with Crippen LogP contribution in [0.1, 0.15) is 11.1 Å². The summed E-state index contributed by atoms with van der Waals surface area (Å²) in [5, 5.41) is 18.3. The van der Waals surface area contributed by atoms with Crippen LogP contribution >= 0.6 is 0 Å². The van der Waals surface area contributed by atoms with Gasteiger partial charge in [0.05, 0.1) is 23.2 Å². The minimum Gasteiger partial charge on any atom is -0.449 e. The summed E-state index contributed by atoms with van der Waals surface area (Å²) in [6.45, 7) is -0.0724. The fraction of sp³-hybridized carbons (Fsp3) is 0.200. The highest BCUT2D eigenvalue weighted by molar-refractivity contribution is 7.90. The first-order valence-electron chi connectivity index (χ1n) is 8.66. The maximum Gasteiger partial charge on any atom is 0.511 e. The predicted molar refractivity (Wildman–Crippen MR) is 106 cm³/mol. The summed E-state index contributed by atoms with van der Waals surface area (Å²) in [5.41, 5.74) is 1.16. The van der Waals surface area contributed by atoms with Crippen LogP contribution in [0.2, 0.25) is 0 Å². The molecule has 0 radical (unpaired) electrons. The standard InChI is InChI=1S/C20H19NO7S/c1-29(26,27)18-5-3-2-4-14(18)10-13-6-7-16-15(11-13)19(23)17(28-20(24)25)12-21(16)8-9-22/h2-7,11-12,22H,8-10H2,1H3,(H,24,25). The van der Waals surface area contributed by atoms with Crippen molar-refractivity contribution in [3.63, 3.8) is 0 Å². The van der Waals surface area contributed by atoms with Gasteiger partial charge in [0, 0.05) is 18.2 Å². The van der Waals surface area contributed by atoms with Gasteiger partial charge >= 0.3 is 6.16 Å². The smallest absolute Gasteiger partial charge is 0.449 e.